The molecule has 0 saturated heterocycles. The summed E-state index contributed by atoms with van der Waals surface area (Å²) in [6.07, 6.45) is 10.4. The predicted octanol–water partition coefficient (Wildman–Crippen LogP) is 4.15. The summed E-state index contributed by atoms with van der Waals surface area (Å²) in [6, 6.07) is 4.93. The Morgan fingerprint density at radius 1 is 1.00 bits per heavy atom. The zero-order chi connectivity index (χ0) is 13.5. The summed E-state index contributed by atoms with van der Waals surface area (Å²) in [6.45, 7) is 0.806. The quantitative estimate of drug-likeness (QED) is 0.689. The number of H-pyrrole nitrogens is 1. The second-order valence-electron chi connectivity index (χ2n) is 5.16. The Bertz CT molecular complexity index is 504. The van der Waals surface area contributed by atoms with Gasteiger partial charge in [-0.3, -0.25) is 0 Å². The van der Waals surface area contributed by atoms with Crippen LogP contribution in [-0.4, -0.2) is 11.5 Å². The van der Waals surface area contributed by atoms with Crippen molar-refractivity contribution in [3.05, 3.63) is 35.8 Å². The van der Waals surface area contributed by atoms with Crippen LogP contribution in [0.2, 0.25) is 0 Å². The summed E-state index contributed by atoms with van der Waals surface area (Å²) >= 11 is 0. The van der Waals surface area contributed by atoms with E-state index in [4.69, 9.17) is 5.73 Å². The summed E-state index contributed by atoms with van der Waals surface area (Å²) in [5.41, 5.74) is 7.72. The van der Waals surface area contributed by atoms with E-state index in [9.17, 15) is 4.39 Å². The molecule has 0 radical (unpaired) electrons. The fourth-order valence-corrected chi connectivity index (χ4v) is 2.52. The Hall–Kier alpha value is -1.35. The second kappa shape index (κ2) is 7.29. The molecular formula is C16H23FN2. The first-order chi connectivity index (χ1) is 9.31. The summed E-state index contributed by atoms with van der Waals surface area (Å²) in [5.74, 6) is -0.157. The second-order valence-corrected chi connectivity index (χ2v) is 5.16. The van der Waals surface area contributed by atoms with Gasteiger partial charge in [-0.1, -0.05) is 25.7 Å². The molecule has 0 fully saturated rings. The number of unbranched alkanes of at least 4 members (excludes halogenated alkanes) is 5. The molecular weight excluding hydrogens is 239 g/mol. The van der Waals surface area contributed by atoms with Gasteiger partial charge in [0.15, 0.2) is 0 Å². The van der Waals surface area contributed by atoms with Crippen LogP contribution in [-0.2, 0) is 6.42 Å². The minimum Gasteiger partial charge on any atom is -0.361 e. The highest BCUT2D eigenvalue weighted by molar-refractivity contribution is 5.83. The number of fused-ring (bicyclic) bond motifs is 1. The Kier molecular flexibility index (Phi) is 5.40. The molecule has 0 aliphatic rings. The molecule has 3 N–H and O–H groups in total. The van der Waals surface area contributed by atoms with Gasteiger partial charge in [0.2, 0.25) is 0 Å². The van der Waals surface area contributed by atoms with Gasteiger partial charge in [0.1, 0.15) is 5.82 Å². The first-order valence-electron chi connectivity index (χ1n) is 7.27. The Morgan fingerprint density at radius 3 is 2.53 bits per heavy atom. The minimum absolute atomic E-state index is 0.157. The van der Waals surface area contributed by atoms with Gasteiger partial charge in [-0.05, 0) is 49.6 Å². The molecule has 2 nitrogen and oxygen atoms in total. The van der Waals surface area contributed by atoms with Crippen molar-refractivity contribution in [2.75, 3.05) is 6.54 Å². The van der Waals surface area contributed by atoms with Gasteiger partial charge < -0.3 is 10.7 Å². The van der Waals surface area contributed by atoms with E-state index in [1.54, 1.807) is 12.1 Å². The van der Waals surface area contributed by atoms with Crippen molar-refractivity contribution in [2.24, 2.45) is 5.73 Å². The monoisotopic (exact) mass is 262 g/mol. The van der Waals surface area contributed by atoms with Crippen LogP contribution in [0.3, 0.4) is 0 Å². The molecule has 2 rings (SSSR count). The average Bonchev–Trinajstić information content (AvgIpc) is 2.80. The molecule has 0 bridgehead atoms. The smallest absolute Gasteiger partial charge is 0.123 e. The van der Waals surface area contributed by atoms with Gasteiger partial charge in [-0.25, -0.2) is 4.39 Å². The third kappa shape index (κ3) is 4.06. The molecule has 1 aromatic carbocycles. The number of hydrogen-bond donors (Lipinski definition) is 2. The molecule has 0 spiro atoms. The molecule has 0 aliphatic heterocycles. The lowest BCUT2D eigenvalue weighted by molar-refractivity contribution is 0.598. The molecule has 1 aromatic heterocycles. The lowest BCUT2D eigenvalue weighted by Gasteiger charge is -2.01. The van der Waals surface area contributed by atoms with Gasteiger partial charge >= 0.3 is 0 Å². The molecule has 0 unspecified atom stereocenters. The topological polar surface area (TPSA) is 41.8 Å². The van der Waals surface area contributed by atoms with Crippen LogP contribution in [0.1, 0.15) is 44.1 Å². The van der Waals surface area contributed by atoms with Gasteiger partial charge in [0.05, 0.1) is 0 Å². The number of hydrogen-bond acceptors (Lipinski definition) is 1. The molecule has 0 atom stereocenters. The van der Waals surface area contributed by atoms with Crippen molar-refractivity contribution < 1.29 is 4.39 Å². The standard InChI is InChI=1S/C16H23FN2/c17-14-8-9-16-15(11-14)13(12-19-16)7-5-3-1-2-4-6-10-18/h8-9,11-12,19H,1-7,10,18H2. The van der Waals surface area contributed by atoms with Crippen molar-refractivity contribution in [1.29, 1.82) is 0 Å². The van der Waals surface area contributed by atoms with E-state index >= 15 is 0 Å². The van der Waals surface area contributed by atoms with Crippen LogP contribution >= 0.6 is 0 Å². The van der Waals surface area contributed by atoms with E-state index in [1.807, 2.05) is 6.20 Å². The lowest BCUT2D eigenvalue weighted by atomic mass is 10.0. The van der Waals surface area contributed by atoms with E-state index < -0.39 is 0 Å². The number of halogens is 1. The van der Waals surface area contributed by atoms with Crippen molar-refractivity contribution in [3.8, 4) is 0 Å². The van der Waals surface area contributed by atoms with Gasteiger partial charge in [0.25, 0.3) is 0 Å². The molecule has 0 aliphatic carbocycles. The van der Waals surface area contributed by atoms with Gasteiger partial charge in [-0.15, -0.1) is 0 Å². The summed E-state index contributed by atoms with van der Waals surface area (Å²) in [5, 5.41) is 1.03. The number of benzene rings is 1. The zero-order valence-electron chi connectivity index (χ0n) is 11.4. The maximum Gasteiger partial charge on any atom is 0.123 e. The van der Waals surface area contributed by atoms with Gasteiger partial charge in [-0.2, -0.15) is 0 Å². The normalized spacial score (nSPS) is 11.3. The maximum absolute atomic E-state index is 13.2. The number of rotatable bonds is 8. The molecule has 104 valence electrons. The minimum atomic E-state index is -0.157. The zero-order valence-corrected chi connectivity index (χ0v) is 11.4. The predicted molar refractivity (Wildman–Crippen MR) is 78.7 cm³/mol. The van der Waals surface area contributed by atoms with Crippen LogP contribution in [0.5, 0.6) is 0 Å². The van der Waals surface area contributed by atoms with Crippen molar-refractivity contribution >= 4 is 10.9 Å². The van der Waals surface area contributed by atoms with Crippen LogP contribution in [0, 0.1) is 5.82 Å². The van der Waals surface area contributed by atoms with Gasteiger partial charge in [0, 0.05) is 17.1 Å². The summed E-state index contributed by atoms with van der Waals surface area (Å²) < 4.78 is 13.2. The first-order valence-corrected chi connectivity index (χ1v) is 7.27. The van der Waals surface area contributed by atoms with E-state index in [1.165, 1.54) is 43.7 Å². The fourth-order valence-electron chi connectivity index (χ4n) is 2.52. The SMILES string of the molecule is NCCCCCCCCc1c[nH]c2ccc(F)cc12. The third-order valence-corrected chi connectivity index (χ3v) is 3.63. The number of aromatic nitrogens is 1. The maximum atomic E-state index is 13.2. The van der Waals surface area contributed by atoms with E-state index in [0.717, 1.165) is 30.3 Å². The average molecular weight is 262 g/mol. The number of aryl methyl sites for hydroxylation is 1. The highest BCUT2D eigenvalue weighted by Crippen LogP contribution is 2.21. The van der Waals surface area contributed by atoms with Crippen molar-refractivity contribution in [1.82, 2.24) is 4.98 Å². The Labute approximate surface area is 114 Å². The van der Waals surface area contributed by atoms with Crippen molar-refractivity contribution in [3.63, 3.8) is 0 Å². The van der Waals surface area contributed by atoms with Crippen LogP contribution in [0.4, 0.5) is 4.39 Å². The largest absolute Gasteiger partial charge is 0.361 e. The molecule has 2 aromatic rings. The van der Waals surface area contributed by atoms with E-state index in [2.05, 4.69) is 4.98 Å². The molecule has 19 heavy (non-hydrogen) atoms. The molecule has 0 saturated carbocycles. The molecule has 1 heterocycles. The number of nitrogens with two attached hydrogens (primary N) is 1. The van der Waals surface area contributed by atoms with Crippen molar-refractivity contribution in [2.45, 2.75) is 44.9 Å². The van der Waals surface area contributed by atoms with Crippen LogP contribution in [0.15, 0.2) is 24.4 Å². The third-order valence-electron chi connectivity index (χ3n) is 3.63. The summed E-state index contributed by atoms with van der Waals surface area (Å²) in [7, 11) is 0. The fraction of sp³-hybridized carbons (Fsp3) is 0.500. The number of aromatic amines is 1. The molecule has 3 heteroatoms. The summed E-state index contributed by atoms with van der Waals surface area (Å²) in [4.78, 5) is 3.20. The Balaban J connectivity index is 1.77. The van der Waals surface area contributed by atoms with Crippen LogP contribution in [0.25, 0.3) is 10.9 Å². The van der Waals surface area contributed by atoms with Crippen LogP contribution < -0.4 is 5.73 Å². The first kappa shape index (κ1) is 14.1. The highest BCUT2D eigenvalue weighted by atomic mass is 19.1. The van der Waals surface area contributed by atoms with E-state index in [-0.39, 0.29) is 5.82 Å². The van der Waals surface area contributed by atoms with E-state index in [0.29, 0.717) is 0 Å². The highest BCUT2D eigenvalue weighted by Gasteiger charge is 2.04. The Morgan fingerprint density at radius 2 is 1.74 bits per heavy atom. The number of nitrogens with one attached hydrogen (secondary N) is 1. The molecule has 0 amide bonds. The lowest BCUT2D eigenvalue weighted by Crippen LogP contribution is -1.97.